The third kappa shape index (κ3) is 2.96. The summed E-state index contributed by atoms with van der Waals surface area (Å²) in [4.78, 5) is 2.57. The largest absolute Gasteiger partial charge is 0.380 e. The van der Waals surface area contributed by atoms with Crippen LogP contribution in [-0.2, 0) is 4.74 Å². The topological polar surface area (TPSA) is 12.5 Å². The number of likely N-dealkylation sites (tertiary alicyclic amines) is 1. The average molecular weight is 185 g/mol. The van der Waals surface area contributed by atoms with Crippen LogP contribution in [0.25, 0.3) is 0 Å². The Morgan fingerprint density at radius 3 is 2.62 bits per heavy atom. The molecule has 13 heavy (non-hydrogen) atoms. The fourth-order valence-electron chi connectivity index (χ4n) is 2.15. The van der Waals surface area contributed by atoms with Crippen LogP contribution in [0.15, 0.2) is 0 Å². The van der Waals surface area contributed by atoms with Crippen LogP contribution in [0.3, 0.4) is 0 Å². The van der Waals surface area contributed by atoms with E-state index >= 15 is 0 Å². The van der Waals surface area contributed by atoms with E-state index in [-0.39, 0.29) is 0 Å². The molecule has 78 valence electrons. The maximum atomic E-state index is 5.50. The van der Waals surface area contributed by atoms with Crippen LogP contribution in [0.2, 0.25) is 0 Å². The molecule has 1 aliphatic rings. The van der Waals surface area contributed by atoms with Crippen LogP contribution in [0.5, 0.6) is 0 Å². The third-order valence-electron chi connectivity index (χ3n) is 2.75. The van der Waals surface area contributed by atoms with Crippen LogP contribution >= 0.6 is 0 Å². The second-order valence-electron chi connectivity index (χ2n) is 4.82. The highest BCUT2D eigenvalue weighted by molar-refractivity contribution is 4.87. The standard InChI is InChI=1S/C11H23NO/c1-5-13-9-10-7-6-8-12(10)11(2,3)4/h10H,5-9H2,1-4H3/t10-/m1/s1. The van der Waals surface area contributed by atoms with Gasteiger partial charge in [-0.3, -0.25) is 4.90 Å². The van der Waals surface area contributed by atoms with Crippen molar-refractivity contribution in [1.29, 1.82) is 0 Å². The zero-order chi connectivity index (χ0) is 9.90. The SMILES string of the molecule is CCOC[C@H]1CCCN1C(C)(C)C. The van der Waals surface area contributed by atoms with Crippen molar-refractivity contribution in [3.63, 3.8) is 0 Å². The molecule has 2 heteroatoms. The van der Waals surface area contributed by atoms with Crippen LogP contribution in [0.4, 0.5) is 0 Å². The monoisotopic (exact) mass is 185 g/mol. The van der Waals surface area contributed by atoms with E-state index < -0.39 is 0 Å². The van der Waals surface area contributed by atoms with E-state index in [1.165, 1.54) is 19.4 Å². The highest BCUT2D eigenvalue weighted by Gasteiger charge is 2.32. The molecule has 0 N–H and O–H groups in total. The molecule has 0 unspecified atom stereocenters. The molecule has 0 spiro atoms. The van der Waals surface area contributed by atoms with E-state index in [4.69, 9.17) is 4.74 Å². The first kappa shape index (κ1) is 11.0. The van der Waals surface area contributed by atoms with Crippen LogP contribution in [-0.4, -0.2) is 36.2 Å². The molecule has 1 atom stereocenters. The Hall–Kier alpha value is -0.0800. The van der Waals surface area contributed by atoms with Crippen LogP contribution in [0.1, 0.15) is 40.5 Å². The summed E-state index contributed by atoms with van der Waals surface area (Å²) in [5, 5.41) is 0. The van der Waals surface area contributed by atoms with Gasteiger partial charge in [0.05, 0.1) is 6.61 Å². The van der Waals surface area contributed by atoms with Crippen LogP contribution in [0, 0.1) is 0 Å². The molecule has 0 aromatic heterocycles. The fourth-order valence-corrected chi connectivity index (χ4v) is 2.15. The second-order valence-corrected chi connectivity index (χ2v) is 4.82. The normalized spacial score (nSPS) is 25.4. The summed E-state index contributed by atoms with van der Waals surface area (Å²) in [7, 11) is 0. The minimum Gasteiger partial charge on any atom is -0.380 e. The zero-order valence-corrected chi connectivity index (χ0v) is 9.47. The van der Waals surface area contributed by atoms with Gasteiger partial charge in [0.25, 0.3) is 0 Å². The summed E-state index contributed by atoms with van der Waals surface area (Å²) >= 11 is 0. The summed E-state index contributed by atoms with van der Waals surface area (Å²) in [6.45, 7) is 11.9. The Morgan fingerprint density at radius 1 is 1.38 bits per heavy atom. The van der Waals surface area contributed by atoms with E-state index in [0.717, 1.165) is 13.2 Å². The van der Waals surface area contributed by atoms with Gasteiger partial charge >= 0.3 is 0 Å². The van der Waals surface area contributed by atoms with E-state index in [1.807, 2.05) is 0 Å². The molecule has 1 heterocycles. The summed E-state index contributed by atoms with van der Waals surface area (Å²) in [6, 6.07) is 0.653. The van der Waals surface area contributed by atoms with Crippen molar-refractivity contribution in [2.45, 2.75) is 52.1 Å². The van der Waals surface area contributed by atoms with Gasteiger partial charge < -0.3 is 4.74 Å². The maximum Gasteiger partial charge on any atom is 0.0621 e. The summed E-state index contributed by atoms with van der Waals surface area (Å²) in [5.41, 5.74) is 0.304. The van der Waals surface area contributed by atoms with Gasteiger partial charge in [-0.1, -0.05) is 0 Å². The van der Waals surface area contributed by atoms with Gasteiger partial charge in [-0.2, -0.15) is 0 Å². The van der Waals surface area contributed by atoms with Gasteiger partial charge in [0.1, 0.15) is 0 Å². The molecular formula is C11H23NO. The first-order valence-electron chi connectivity index (χ1n) is 5.40. The van der Waals surface area contributed by atoms with Crippen molar-refractivity contribution in [2.24, 2.45) is 0 Å². The summed E-state index contributed by atoms with van der Waals surface area (Å²) < 4.78 is 5.50. The predicted molar refractivity (Wildman–Crippen MR) is 56.0 cm³/mol. The Bertz CT molecular complexity index is 151. The quantitative estimate of drug-likeness (QED) is 0.669. The van der Waals surface area contributed by atoms with Gasteiger partial charge in [-0.25, -0.2) is 0 Å². The van der Waals surface area contributed by atoms with Crippen molar-refractivity contribution < 1.29 is 4.74 Å². The Balaban J connectivity index is 2.44. The first-order valence-corrected chi connectivity index (χ1v) is 5.40. The molecule has 0 aromatic rings. The molecule has 0 amide bonds. The molecule has 1 rings (SSSR count). The number of hydrogen-bond donors (Lipinski definition) is 0. The van der Waals surface area contributed by atoms with Gasteiger partial charge in [0.15, 0.2) is 0 Å². The zero-order valence-electron chi connectivity index (χ0n) is 9.47. The van der Waals surface area contributed by atoms with E-state index in [2.05, 4.69) is 32.6 Å². The van der Waals surface area contributed by atoms with Crippen molar-refractivity contribution in [3.8, 4) is 0 Å². The number of hydrogen-bond acceptors (Lipinski definition) is 2. The minimum absolute atomic E-state index is 0.304. The average Bonchev–Trinajstić information content (AvgIpc) is 2.47. The van der Waals surface area contributed by atoms with E-state index in [1.54, 1.807) is 0 Å². The first-order chi connectivity index (χ1) is 6.05. The minimum atomic E-state index is 0.304. The molecule has 0 aromatic carbocycles. The molecule has 1 saturated heterocycles. The lowest BCUT2D eigenvalue weighted by molar-refractivity contribution is 0.0436. The van der Waals surface area contributed by atoms with Gasteiger partial charge in [0, 0.05) is 18.2 Å². The van der Waals surface area contributed by atoms with Crippen molar-refractivity contribution in [1.82, 2.24) is 4.90 Å². The molecule has 0 saturated carbocycles. The lowest BCUT2D eigenvalue weighted by Gasteiger charge is -2.36. The van der Waals surface area contributed by atoms with E-state index in [9.17, 15) is 0 Å². The molecule has 0 radical (unpaired) electrons. The highest BCUT2D eigenvalue weighted by Crippen LogP contribution is 2.26. The van der Waals surface area contributed by atoms with Gasteiger partial charge in [-0.05, 0) is 47.1 Å². The van der Waals surface area contributed by atoms with Gasteiger partial charge in [0.2, 0.25) is 0 Å². The summed E-state index contributed by atoms with van der Waals surface area (Å²) in [6.07, 6.45) is 2.63. The number of ether oxygens (including phenoxy) is 1. The lowest BCUT2D eigenvalue weighted by Crippen LogP contribution is -2.46. The predicted octanol–water partition coefficient (Wildman–Crippen LogP) is 2.29. The van der Waals surface area contributed by atoms with Crippen molar-refractivity contribution in [3.05, 3.63) is 0 Å². The molecule has 2 nitrogen and oxygen atoms in total. The Morgan fingerprint density at radius 2 is 2.08 bits per heavy atom. The second kappa shape index (κ2) is 4.43. The van der Waals surface area contributed by atoms with Gasteiger partial charge in [-0.15, -0.1) is 0 Å². The highest BCUT2D eigenvalue weighted by atomic mass is 16.5. The summed E-state index contributed by atoms with van der Waals surface area (Å²) in [5.74, 6) is 0. The Kier molecular flexibility index (Phi) is 3.74. The molecule has 0 bridgehead atoms. The molecule has 1 aliphatic heterocycles. The Labute approximate surface area is 82.3 Å². The van der Waals surface area contributed by atoms with Crippen molar-refractivity contribution >= 4 is 0 Å². The smallest absolute Gasteiger partial charge is 0.0621 e. The third-order valence-corrected chi connectivity index (χ3v) is 2.75. The maximum absolute atomic E-state index is 5.50. The van der Waals surface area contributed by atoms with E-state index in [0.29, 0.717) is 11.6 Å². The molecule has 1 fully saturated rings. The number of rotatable bonds is 3. The number of nitrogens with zero attached hydrogens (tertiary/aromatic N) is 1. The van der Waals surface area contributed by atoms with Crippen LogP contribution < -0.4 is 0 Å². The fraction of sp³-hybridized carbons (Fsp3) is 1.00. The molecular weight excluding hydrogens is 162 g/mol. The molecule has 0 aliphatic carbocycles. The lowest BCUT2D eigenvalue weighted by atomic mass is 10.1. The van der Waals surface area contributed by atoms with Crippen molar-refractivity contribution in [2.75, 3.05) is 19.8 Å².